The Labute approximate surface area is 260 Å². The highest BCUT2D eigenvalue weighted by Crippen LogP contribution is 2.39. The maximum atomic E-state index is 12.0. The molecule has 43 heavy (non-hydrogen) atoms. The van der Waals surface area contributed by atoms with Crippen LogP contribution in [-0.4, -0.2) is 102 Å². The third-order valence-corrected chi connectivity index (χ3v) is 10.3. The van der Waals surface area contributed by atoms with Crippen LogP contribution in [0.1, 0.15) is 46.4 Å². The Balaban J connectivity index is 0.000000236. The number of benzene rings is 2. The van der Waals surface area contributed by atoms with Crippen molar-refractivity contribution >= 4 is 66.2 Å². The highest BCUT2D eigenvalue weighted by Gasteiger charge is 2.29. The number of carboxylic acids is 2. The largest absolute Gasteiger partial charge is 0.478 e. The van der Waals surface area contributed by atoms with E-state index < -0.39 is 37.7 Å². The molecule has 3 N–H and O–H groups in total. The van der Waals surface area contributed by atoms with Crippen molar-refractivity contribution in [3.05, 3.63) is 45.4 Å². The van der Waals surface area contributed by atoms with Crippen LogP contribution in [0.5, 0.6) is 0 Å². The number of piperidine rings is 2. The minimum atomic E-state index is -3.54. The second-order valence-electron chi connectivity index (χ2n) is 10.3. The van der Waals surface area contributed by atoms with Crippen molar-refractivity contribution in [2.24, 2.45) is 0 Å². The maximum absolute atomic E-state index is 12.0. The minimum Gasteiger partial charge on any atom is -0.478 e. The molecule has 2 saturated heterocycles. The van der Waals surface area contributed by atoms with Gasteiger partial charge in [0.15, 0.2) is 19.7 Å². The van der Waals surface area contributed by atoms with Gasteiger partial charge in [-0.2, -0.15) is 0 Å². The van der Waals surface area contributed by atoms with Crippen LogP contribution in [0.25, 0.3) is 0 Å². The fourth-order valence-corrected chi connectivity index (χ4v) is 7.65. The highest BCUT2D eigenvalue weighted by molar-refractivity contribution is 7.91. The monoisotopic (exact) mass is 680 g/mol. The van der Waals surface area contributed by atoms with Gasteiger partial charge in [0.1, 0.15) is 0 Å². The van der Waals surface area contributed by atoms with Crippen LogP contribution in [0.15, 0.2) is 34.1 Å². The number of aliphatic hydroxyl groups is 1. The van der Waals surface area contributed by atoms with Crippen LogP contribution in [0, 0.1) is 0 Å². The van der Waals surface area contributed by atoms with Crippen molar-refractivity contribution in [1.29, 1.82) is 0 Å². The molecule has 0 atom stereocenters. The number of hydrogen-bond acceptors (Lipinski definition) is 10. The van der Waals surface area contributed by atoms with Gasteiger partial charge in [0.2, 0.25) is 0 Å². The summed E-state index contributed by atoms with van der Waals surface area (Å²) in [7, 11) is -5.42. The average molecular weight is 682 g/mol. The summed E-state index contributed by atoms with van der Waals surface area (Å²) in [4.78, 5) is 26.0. The lowest BCUT2D eigenvalue weighted by molar-refractivity contribution is 0.0686. The van der Waals surface area contributed by atoms with E-state index in [1.54, 1.807) is 12.0 Å². The lowest BCUT2D eigenvalue weighted by atomic mass is 10.1. The molecule has 0 unspecified atom stereocenters. The summed E-state index contributed by atoms with van der Waals surface area (Å²) < 4.78 is 53.1. The number of methoxy groups -OCH3 is 1. The number of ether oxygens (including phenoxy) is 1. The fourth-order valence-electron chi connectivity index (χ4n) is 5.02. The van der Waals surface area contributed by atoms with Gasteiger partial charge in [-0.05, 0) is 49.9 Å². The smallest absolute Gasteiger partial charge is 0.337 e. The van der Waals surface area contributed by atoms with Gasteiger partial charge in [-0.25, -0.2) is 26.4 Å². The predicted molar refractivity (Wildman–Crippen MR) is 163 cm³/mol. The van der Waals surface area contributed by atoms with E-state index >= 15 is 0 Å². The molecule has 2 aromatic carbocycles. The van der Waals surface area contributed by atoms with E-state index in [9.17, 15) is 36.6 Å². The van der Waals surface area contributed by atoms with Gasteiger partial charge in [-0.15, -0.1) is 0 Å². The molecule has 2 fully saturated rings. The third kappa shape index (κ3) is 8.31. The van der Waals surface area contributed by atoms with E-state index in [0.29, 0.717) is 39.0 Å². The normalized spacial score (nSPS) is 16.9. The Kier molecular flexibility index (Phi) is 11.3. The van der Waals surface area contributed by atoms with E-state index in [2.05, 4.69) is 0 Å². The zero-order chi connectivity index (χ0) is 32.3. The van der Waals surface area contributed by atoms with Crippen LogP contribution < -0.4 is 9.80 Å². The van der Waals surface area contributed by atoms with Gasteiger partial charge < -0.3 is 29.9 Å². The van der Waals surface area contributed by atoms with Crippen molar-refractivity contribution < 1.29 is 46.5 Å². The number of rotatable bonds is 7. The summed E-state index contributed by atoms with van der Waals surface area (Å²) in [6, 6.07) is 5.00. The molecule has 2 heterocycles. The van der Waals surface area contributed by atoms with Crippen molar-refractivity contribution in [2.45, 2.75) is 47.7 Å². The standard InChI is InChI=1S/C14H18ClNO5S.C13H16ClNO5S/c1-21-9-5-7-16(8-6-9)13-11(22(2,19)20)4-3-10(12(13)15)14(17)18;1-21(19,20)10-3-2-9(13(17)18)11(14)12(10)15-6-4-8(16)5-7-15/h3-4,9H,5-8H2,1-2H3,(H,17,18);2-3,8,16H,4-7H2,1H3,(H,17,18). The SMILES string of the molecule is COC1CCN(c2c(S(C)(=O)=O)ccc(C(=O)O)c2Cl)CC1.CS(=O)(=O)c1ccc(C(=O)O)c(Cl)c1N1CCC(O)CC1. The van der Waals surface area contributed by atoms with E-state index in [-0.39, 0.29) is 48.4 Å². The summed E-state index contributed by atoms with van der Waals surface area (Å²) in [5.74, 6) is -2.39. The van der Waals surface area contributed by atoms with Gasteiger partial charge in [-0.3, -0.25) is 0 Å². The third-order valence-electron chi connectivity index (χ3n) is 7.29. The molecule has 2 aromatic rings. The van der Waals surface area contributed by atoms with Crippen molar-refractivity contribution in [3.8, 4) is 0 Å². The van der Waals surface area contributed by atoms with Crippen molar-refractivity contribution in [1.82, 2.24) is 0 Å². The number of nitrogens with zero attached hydrogens (tertiary/aromatic N) is 2. The molecule has 12 nitrogen and oxygen atoms in total. The molecular formula is C27H34Cl2N2O10S2. The molecule has 0 amide bonds. The van der Waals surface area contributed by atoms with Crippen molar-refractivity contribution in [2.75, 3.05) is 55.6 Å². The summed E-state index contributed by atoms with van der Waals surface area (Å²) >= 11 is 12.3. The van der Waals surface area contributed by atoms with E-state index in [1.807, 2.05) is 4.90 Å². The highest BCUT2D eigenvalue weighted by atomic mass is 35.5. The Morgan fingerprint density at radius 1 is 0.744 bits per heavy atom. The number of halogens is 2. The van der Waals surface area contributed by atoms with Crippen LogP contribution in [0.3, 0.4) is 0 Å². The van der Waals surface area contributed by atoms with Gasteiger partial charge in [-0.1, -0.05) is 23.2 Å². The zero-order valence-electron chi connectivity index (χ0n) is 23.8. The van der Waals surface area contributed by atoms with Crippen LogP contribution in [0.4, 0.5) is 11.4 Å². The second kappa shape index (κ2) is 14.0. The van der Waals surface area contributed by atoms with Crippen LogP contribution >= 0.6 is 23.2 Å². The van der Waals surface area contributed by atoms with E-state index in [4.69, 9.17) is 33.0 Å². The number of aliphatic hydroxyl groups excluding tert-OH is 1. The molecule has 0 bridgehead atoms. The second-order valence-corrected chi connectivity index (χ2v) is 15.1. The van der Waals surface area contributed by atoms with Crippen molar-refractivity contribution in [3.63, 3.8) is 0 Å². The maximum Gasteiger partial charge on any atom is 0.337 e. The Morgan fingerprint density at radius 3 is 1.40 bits per heavy atom. The predicted octanol–water partition coefficient (Wildman–Crippen LogP) is 3.46. The van der Waals surface area contributed by atoms with E-state index in [0.717, 1.165) is 25.4 Å². The molecule has 0 aliphatic carbocycles. The quantitative estimate of drug-likeness (QED) is 0.388. The molecule has 2 aliphatic rings. The Bertz CT molecular complexity index is 1580. The van der Waals surface area contributed by atoms with Crippen LogP contribution in [0.2, 0.25) is 10.0 Å². The number of aromatic carboxylic acids is 2. The number of hydrogen-bond donors (Lipinski definition) is 3. The summed E-state index contributed by atoms with van der Waals surface area (Å²) in [6.07, 6.45) is 4.27. The Morgan fingerprint density at radius 2 is 1.09 bits per heavy atom. The minimum absolute atomic E-state index is 0.00823. The number of sulfone groups is 2. The molecule has 0 saturated carbocycles. The molecule has 238 valence electrons. The first kappa shape index (κ1) is 34.9. The Hall–Kier alpha value is -2.62. The lowest BCUT2D eigenvalue weighted by Gasteiger charge is -2.34. The average Bonchev–Trinajstić information content (AvgIpc) is 2.92. The first-order chi connectivity index (χ1) is 20.0. The summed E-state index contributed by atoms with van der Waals surface area (Å²) in [5, 5.41) is 27.7. The topological polar surface area (TPSA) is 179 Å². The van der Waals surface area contributed by atoms with E-state index in [1.165, 1.54) is 24.3 Å². The lowest BCUT2D eigenvalue weighted by Crippen LogP contribution is -2.37. The zero-order valence-corrected chi connectivity index (χ0v) is 26.9. The molecule has 4 rings (SSSR count). The number of carbonyl (C=O) groups is 2. The fraction of sp³-hybridized carbons (Fsp3) is 0.481. The molecule has 0 aromatic heterocycles. The number of carboxylic acid groups (broad SMARTS) is 2. The molecule has 0 radical (unpaired) electrons. The first-order valence-electron chi connectivity index (χ1n) is 13.2. The first-order valence-corrected chi connectivity index (χ1v) is 17.7. The van der Waals surface area contributed by atoms with Gasteiger partial charge >= 0.3 is 11.9 Å². The summed E-state index contributed by atoms with van der Waals surface area (Å²) in [6.45, 7) is 1.96. The van der Waals surface area contributed by atoms with Gasteiger partial charge in [0.25, 0.3) is 0 Å². The summed E-state index contributed by atoms with van der Waals surface area (Å²) in [5.41, 5.74) is 0.257. The molecular weight excluding hydrogens is 647 g/mol. The van der Waals surface area contributed by atoms with Gasteiger partial charge in [0, 0.05) is 45.8 Å². The van der Waals surface area contributed by atoms with Gasteiger partial charge in [0.05, 0.1) is 54.5 Å². The molecule has 16 heteroatoms. The van der Waals surface area contributed by atoms with Crippen LogP contribution in [-0.2, 0) is 24.4 Å². The molecule has 2 aliphatic heterocycles. The molecule has 0 spiro atoms. The number of anilines is 2.